The Morgan fingerprint density at radius 1 is 1.19 bits per heavy atom. The molecule has 3 heteroatoms. The van der Waals surface area contributed by atoms with E-state index in [4.69, 9.17) is 16.9 Å². The van der Waals surface area contributed by atoms with Gasteiger partial charge in [-0.2, -0.15) is 5.26 Å². The lowest BCUT2D eigenvalue weighted by molar-refractivity contribution is 1.20. The van der Waals surface area contributed by atoms with Crippen molar-refractivity contribution in [3.05, 3.63) is 52.8 Å². The highest BCUT2D eigenvalue weighted by atomic mass is 35.5. The molecule has 16 heavy (non-hydrogen) atoms. The third kappa shape index (κ3) is 2.05. The van der Waals surface area contributed by atoms with Crippen LogP contribution in [0, 0.1) is 18.3 Å². The second-order valence-corrected chi connectivity index (χ2v) is 3.90. The molecule has 0 N–H and O–H groups in total. The second-order valence-electron chi connectivity index (χ2n) is 3.49. The summed E-state index contributed by atoms with van der Waals surface area (Å²) in [6.07, 6.45) is 1.80. The smallest absolute Gasteiger partial charge is 0.101 e. The van der Waals surface area contributed by atoms with Crippen LogP contribution in [0.15, 0.2) is 36.5 Å². The quantitative estimate of drug-likeness (QED) is 0.748. The average molecular weight is 229 g/mol. The van der Waals surface area contributed by atoms with Crippen molar-refractivity contribution in [2.75, 3.05) is 0 Å². The maximum atomic E-state index is 8.77. The zero-order valence-electron chi connectivity index (χ0n) is 8.74. The van der Waals surface area contributed by atoms with Crippen LogP contribution in [0.3, 0.4) is 0 Å². The number of aryl methyl sites for hydroxylation is 1. The molecule has 0 radical (unpaired) electrons. The third-order valence-corrected chi connectivity index (χ3v) is 2.65. The summed E-state index contributed by atoms with van der Waals surface area (Å²) in [7, 11) is 0. The van der Waals surface area contributed by atoms with Crippen LogP contribution < -0.4 is 0 Å². The van der Waals surface area contributed by atoms with Crippen molar-refractivity contribution in [2.24, 2.45) is 0 Å². The fourth-order valence-corrected chi connectivity index (χ4v) is 1.65. The van der Waals surface area contributed by atoms with Gasteiger partial charge in [-0.25, -0.2) is 0 Å². The normalized spacial score (nSPS) is 9.81. The largest absolute Gasteiger partial charge is 0.261 e. The Morgan fingerprint density at radius 3 is 2.50 bits per heavy atom. The van der Waals surface area contributed by atoms with Gasteiger partial charge in [0.05, 0.1) is 10.6 Å². The second kappa shape index (κ2) is 4.34. The van der Waals surface area contributed by atoms with E-state index in [0.717, 1.165) is 16.8 Å². The summed E-state index contributed by atoms with van der Waals surface area (Å²) < 4.78 is 0. The lowest BCUT2D eigenvalue weighted by atomic mass is 10.1. The molecular formula is C13H9ClN2. The fourth-order valence-electron chi connectivity index (χ4n) is 1.42. The van der Waals surface area contributed by atoms with Crippen molar-refractivity contribution < 1.29 is 0 Å². The van der Waals surface area contributed by atoms with Crippen LogP contribution in [0.1, 0.15) is 11.3 Å². The first-order valence-electron chi connectivity index (χ1n) is 4.83. The van der Waals surface area contributed by atoms with Gasteiger partial charge < -0.3 is 0 Å². The summed E-state index contributed by atoms with van der Waals surface area (Å²) in [4.78, 5) is 4.22. The fraction of sp³-hybridized carbons (Fsp3) is 0.0769. The summed E-state index contributed by atoms with van der Waals surface area (Å²) in [6, 6.07) is 11.3. The minimum Gasteiger partial charge on any atom is -0.261 e. The molecular weight excluding hydrogens is 220 g/mol. The van der Waals surface area contributed by atoms with Crippen LogP contribution in [-0.4, -0.2) is 4.98 Å². The molecule has 0 aliphatic heterocycles. The first-order valence-corrected chi connectivity index (χ1v) is 5.21. The Bertz CT molecular complexity index is 553. The van der Waals surface area contributed by atoms with Gasteiger partial charge in [-0.05, 0) is 30.7 Å². The van der Waals surface area contributed by atoms with E-state index >= 15 is 0 Å². The molecule has 0 saturated heterocycles. The maximum Gasteiger partial charge on any atom is 0.101 e. The molecule has 2 nitrogen and oxygen atoms in total. The van der Waals surface area contributed by atoms with Crippen LogP contribution in [0.5, 0.6) is 0 Å². The van der Waals surface area contributed by atoms with E-state index < -0.39 is 0 Å². The lowest BCUT2D eigenvalue weighted by Gasteiger charge is -2.03. The SMILES string of the molecule is Cc1ccc(-c2ccc(C#N)c(Cl)c2)cn1. The van der Waals surface area contributed by atoms with Gasteiger partial charge in [0.25, 0.3) is 0 Å². The molecule has 1 aromatic heterocycles. The van der Waals surface area contributed by atoms with Crippen LogP contribution in [-0.2, 0) is 0 Å². The highest BCUT2D eigenvalue weighted by molar-refractivity contribution is 6.32. The molecule has 0 unspecified atom stereocenters. The summed E-state index contributed by atoms with van der Waals surface area (Å²) in [5, 5.41) is 9.24. The molecule has 0 fully saturated rings. The number of nitrogens with zero attached hydrogens (tertiary/aromatic N) is 2. The average Bonchev–Trinajstić information content (AvgIpc) is 2.30. The molecule has 2 aromatic rings. The Kier molecular flexibility index (Phi) is 2.89. The van der Waals surface area contributed by atoms with Crippen molar-refractivity contribution in [2.45, 2.75) is 6.92 Å². The molecule has 0 saturated carbocycles. The van der Waals surface area contributed by atoms with Gasteiger partial charge in [0.15, 0.2) is 0 Å². The van der Waals surface area contributed by atoms with Crippen LogP contribution in [0.25, 0.3) is 11.1 Å². The van der Waals surface area contributed by atoms with E-state index in [1.165, 1.54) is 0 Å². The summed E-state index contributed by atoms with van der Waals surface area (Å²) in [5.74, 6) is 0. The molecule has 0 spiro atoms. The lowest BCUT2D eigenvalue weighted by Crippen LogP contribution is -1.84. The predicted octanol–water partition coefficient (Wildman–Crippen LogP) is 3.58. The van der Waals surface area contributed by atoms with Crippen LogP contribution in [0.2, 0.25) is 5.02 Å². The topological polar surface area (TPSA) is 36.7 Å². The summed E-state index contributed by atoms with van der Waals surface area (Å²) in [6.45, 7) is 1.94. The van der Waals surface area contributed by atoms with E-state index in [1.54, 1.807) is 18.3 Å². The Morgan fingerprint density at radius 2 is 1.94 bits per heavy atom. The number of halogens is 1. The zero-order chi connectivity index (χ0) is 11.5. The molecule has 1 heterocycles. The first-order chi connectivity index (χ1) is 7.70. The van der Waals surface area contributed by atoms with Gasteiger partial charge >= 0.3 is 0 Å². The van der Waals surface area contributed by atoms with E-state index in [1.807, 2.05) is 31.2 Å². The number of nitriles is 1. The molecule has 0 atom stereocenters. The van der Waals surface area contributed by atoms with Gasteiger partial charge in [0.2, 0.25) is 0 Å². The molecule has 0 aliphatic rings. The first kappa shape index (κ1) is 10.7. The summed E-state index contributed by atoms with van der Waals surface area (Å²) >= 11 is 5.97. The molecule has 0 aliphatic carbocycles. The van der Waals surface area contributed by atoms with E-state index in [2.05, 4.69) is 4.98 Å². The predicted molar refractivity (Wildman–Crippen MR) is 64.1 cm³/mol. The maximum absolute atomic E-state index is 8.77. The van der Waals surface area contributed by atoms with Gasteiger partial charge in [0, 0.05) is 17.5 Å². The molecule has 0 bridgehead atoms. The molecule has 1 aromatic carbocycles. The van der Waals surface area contributed by atoms with E-state index in [9.17, 15) is 0 Å². The Hall–Kier alpha value is -1.85. The van der Waals surface area contributed by atoms with Crippen molar-refractivity contribution >= 4 is 11.6 Å². The number of benzene rings is 1. The van der Waals surface area contributed by atoms with Gasteiger partial charge in [-0.15, -0.1) is 0 Å². The monoisotopic (exact) mass is 228 g/mol. The number of hydrogen-bond acceptors (Lipinski definition) is 2. The van der Waals surface area contributed by atoms with Gasteiger partial charge in [0.1, 0.15) is 6.07 Å². The third-order valence-electron chi connectivity index (χ3n) is 2.33. The Balaban J connectivity index is 2.46. The number of rotatable bonds is 1. The van der Waals surface area contributed by atoms with Crippen LogP contribution >= 0.6 is 11.6 Å². The minimum atomic E-state index is 0.473. The van der Waals surface area contributed by atoms with Crippen LogP contribution in [0.4, 0.5) is 0 Å². The number of aromatic nitrogens is 1. The van der Waals surface area contributed by atoms with Gasteiger partial charge in [-0.3, -0.25) is 4.98 Å². The van der Waals surface area contributed by atoms with Gasteiger partial charge in [-0.1, -0.05) is 23.7 Å². The standard InChI is InChI=1S/C13H9ClN2/c1-9-2-3-12(8-16-9)10-4-5-11(7-15)13(14)6-10/h2-6,8H,1H3. The molecule has 0 amide bonds. The van der Waals surface area contributed by atoms with Crippen molar-refractivity contribution in [1.29, 1.82) is 5.26 Å². The molecule has 2 rings (SSSR count). The number of hydrogen-bond donors (Lipinski definition) is 0. The van der Waals surface area contributed by atoms with Crippen molar-refractivity contribution in [1.82, 2.24) is 4.98 Å². The van der Waals surface area contributed by atoms with E-state index in [0.29, 0.717) is 10.6 Å². The zero-order valence-corrected chi connectivity index (χ0v) is 9.49. The summed E-state index contributed by atoms with van der Waals surface area (Å²) in [5.41, 5.74) is 3.43. The number of pyridine rings is 1. The van der Waals surface area contributed by atoms with Crippen molar-refractivity contribution in [3.63, 3.8) is 0 Å². The highest BCUT2D eigenvalue weighted by Gasteiger charge is 2.03. The van der Waals surface area contributed by atoms with Crippen molar-refractivity contribution in [3.8, 4) is 17.2 Å². The highest BCUT2D eigenvalue weighted by Crippen LogP contribution is 2.24. The molecule has 78 valence electrons. The Labute approximate surface area is 99.1 Å². The minimum absolute atomic E-state index is 0.473. The van der Waals surface area contributed by atoms with E-state index in [-0.39, 0.29) is 0 Å².